The van der Waals surface area contributed by atoms with Crippen LogP contribution in [0.3, 0.4) is 0 Å². The van der Waals surface area contributed by atoms with Gasteiger partial charge in [-0.15, -0.1) is 13.2 Å². The molecule has 0 fully saturated rings. The Hall–Kier alpha value is -2.96. The van der Waals surface area contributed by atoms with E-state index in [1.54, 1.807) is 6.07 Å². The molecule has 0 bridgehead atoms. The Morgan fingerprint density at radius 1 is 0.615 bits per heavy atom. The molecule has 0 amide bonds. The first-order valence-corrected chi connectivity index (χ1v) is 7.34. The van der Waals surface area contributed by atoms with Gasteiger partial charge in [0.1, 0.15) is 11.6 Å². The van der Waals surface area contributed by atoms with Gasteiger partial charge in [-0.1, -0.05) is 30.3 Å². The summed E-state index contributed by atoms with van der Waals surface area (Å²) in [7, 11) is 0. The first-order valence-electron chi connectivity index (χ1n) is 7.34. The highest BCUT2D eigenvalue weighted by atomic mass is 19.4. The van der Waals surface area contributed by atoms with Gasteiger partial charge in [-0.3, -0.25) is 0 Å². The Morgan fingerprint density at radius 2 is 1.19 bits per heavy atom. The Bertz CT molecular complexity index is 932. The normalized spacial score (nSPS) is 11.5. The zero-order valence-electron chi connectivity index (χ0n) is 12.9. The molecule has 26 heavy (non-hydrogen) atoms. The van der Waals surface area contributed by atoms with E-state index in [1.165, 1.54) is 36.4 Å². The highest BCUT2D eigenvalue weighted by Crippen LogP contribution is 2.32. The summed E-state index contributed by atoms with van der Waals surface area (Å²) in [6.07, 6.45) is -5.02. The SMILES string of the molecule is Fc1ccc(-c2ccc(-c3ccc(OC(F)(F)F)c(F)c3)c(F)c2)cc1. The third kappa shape index (κ3) is 3.99. The number of benzene rings is 3. The second kappa shape index (κ2) is 6.74. The number of ether oxygens (including phenoxy) is 1. The van der Waals surface area contributed by atoms with Crippen LogP contribution in [0, 0.1) is 17.5 Å². The number of rotatable bonds is 3. The van der Waals surface area contributed by atoms with Crippen LogP contribution in [0.25, 0.3) is 22.3 Å². The van der Waals surface area contributed by atoms with E-state index in [0.717, 1.165) is 18.2 Å². The fourth-order valence-corrected chi connectivity index (χ4v) is 2.45. The summed E-state index contributed by atoms with van der Waals surface area (Å²) in [5.74, 6) is -3.38. The summed E-state index contributed by atoms with van der Waals surface area (Å²) < 4.78 is 81.2. The molecule has 0 unspecified atom stereocenters. The van der Waals surface area contributed by atoms with Crippen LogP contribution in [-0.2, 0) is 0 Å². The van der Waals surface area contributed by atoms with Crippen LogP contribution in [0.15, 0.2) is 60.7 Å². The molecule has 3 rings (SSSR count). The number of hydrogen-bond donors (Lipinski definition) is 0. The molecule has 0 saturated carbocycles. The molecule has 0 aliphatic rings. The topological polar surface area (TPSA) is 9.23 Å². The van der Waals surface area contributed by atoms with Crippen LogP contribution in [0.2, 0.25) is 0 Å². The first-order chi connectivity index (χ1) is 12.2. The lowest BCUT2D eigenvalue weighted by atomic mass is 9.99. The van der Waals surface area contributed by atoms with E-state index in [4.69, 9.17) is 0 Å². The van der Waals surface area contributed by atoms with Gasteiger partial charge in [-0.25, -0.2) is 13.2 Å². The predicted molar refractivity (Wildman–Crippen MR) is 83.9 cm³/mol. The van der Waals surface area contributed by atoms with Crippen molar-refractivity contribution in [1.82, 2.24) is 0 Å². The van der Waals surface area contributed by atoms with E-state index in [1.807, 2.05) is 0 Å². The molecule has 0 aliphatic carbocycles. The van der Waals surface area contributed by atoms with Crippen molar-refractivity contribution in [2.45, 2.75) is 6.36 Å². The molecule has 7 heteroatoms. The molecule has 1 nitrogen and oxygen atoms in total. The van der Waals surface area contributed by atoms with Crippen LogP contribution >= 0.6 is 0 Å². The maximum absolute atomic E-state index is 14.4. The predicted octanol–water partition coefficient (Wildman–Crippen LogP) is 6.34. The lowest BCUT2D eigenvalue weighted by Gasteiger charge is -2.11. The van der Waals surface area contributed by atoms with Gasteiger partial charge < -0.3 is 4.74 Å². The average Bonchev–Trinajstić information content (AvgIpc) is 2.56. The number of hydrogen-bond acceptors (Lipinski definition) is 1. The third-order valence-electron chi connectivity index (χ3n) is 3.62. The molecule has 0 heterocycles. The fourth-order valence-electron chi connectivity index (χ4n) is 2.45. The van der Waals surface area contributed by atoms with Gasteiger partial charge in [-0.2, -0.15) is 0 Å². The van der Waals surface area contributed by atoms with Crippen molar-refractivity contribution in [2.75, 3.05) is 0 Å². The largest absolute Gasteiger partial charge is 0.573 e. The molecular formula is C19H10F6O. The zero-order valence-corrected chi connectivity index (χ0v) is 12.9. The molecule has 0 atom stereocenters. The van der Waals surface area contributed by atoms with Gasteiger partial charge in [0.05, 0.1) is 0 Å². The zero-order chi connectivity index (χ0) is 18.9. The molecule has 134 valence electrons. The van der Waals surface area contributed by atoms with Crippen molar-refractivity contribution in [3.8, 4) is 28.0 Å². The average molecular weight is 368 g/mol. The first kappa shape index (κ1) is 17.8. The van der Waals surface area contributed by atoms with Gasteiger partial charge in [0, 0.05) is 5.56 Å². The molecular weight excluding hydrogens is 358 g/mol. The Morgan fingerprint density at radius 3 is 1.77 bits per heavy atom. The van der Waals surface area contributed by atoms with Gasteiger partial charge >= 0.3 is 6.36 Å². The monoisotopic (exact) mass is 368 g/mol. The van der Waals surface area contributed by atoms with E-state index in [2.05, 4.69) is 4.74 Å². The van der Waals surface area contributed by atoms with Crippen molar-refractivity contribution in [2.24, 2.45) is 0 Å². The van der Waals surface area contributed by atoms with E-state index in [9.17, 15) is 26.3 Å². The van der Waals surface area contributed by atoms with Crippen molar-refractivity contribution in [1.29, 1.82) is 0 Å². The van der Waals surface area contributed by atoms with E-state index < -0.39 is 29.6 Å². The second-order valence-corrected chi connectivity index (χ2v) is 5.39. The fraction of sp³-hybridized carbons (Fsp3) is 0.0526. The number of halogens is 6. The van der Waals surface area contributed by atoms with Crippen LogP contribution < -0.4 is 4.74 Å². The molecule has 0 N–H and O–H groups in total. The van der Waals surface area contributed by atoms with Crippen molar-refractivity contribution in [3.05, 3.63) is 78.1 Å². The summed E-state index contributed by atoms with van der Waals surface area (Å²) in [6.45, 7) is 0. The molecule has 0 radical (unpaired) electrons. The van der Waals surface area contributed by atoms with Crippen molar-refractivity contribution in [3.63, 3.8) is 0 Å². The highest BCUT2D eigenvalue weighted by Gasteiger charge is 2.32. The number of alkyl halides is 3. The van der Waals surface area contributed by atoms with E-state index in [0.29, 0.717) is 11.1 Å². The quantitative estimate of drug-likeness (QED) is 0.491. The minimum atomic E-state index is -5.02. The molecule has 3 aromatic carbocycles. The summed E-state index contributed by atoms with van der Waals surface area (Å²) in [4.78, 5) is 0. The van der Waals surface area contributed by atoms with E-state index >= 15 is 0 Å². The van der Waals surface area contributed by atoms with E-state index in [-0.39, 0.29) is 11.1 Å². The standard InChI is InChI=1S/C19H10F6O/c20-14-5-1-11(2-6-14)12-3-7-15(16(21)9-12)13-4-8-18(17(22)10-13)26-19(23,24)25/h1-10H. The molecule has 3 aromatic rings. The van der Waals surface area contributed by atoms with Crippen LogP contribution in [0.4, 0.5) is 26.3 Å². The molecule has 0 aromatic heterocycles. The summed E-state index contributed by atoms with van der Waals surface area (Å²) >= 11 is 0. The van der Waals surface area contributed by atoms with Crippen LogP contribution in [0.1, 0.15) is 0 Å². The van der Waals surface area contributed by atoms with Gasteiger partial charge in [0.15, 0.2) is 11.6 Å². The van der Waals surface area contributed by atoms with Crippen LogP contribution in [-0.4, -0.2) is 6.36 Å². The molecule has 0 spiro atoms. The maximum Gasteiger partial charge on any atom is 0.573 e. The third-order valence-corrected chi connectivity index (χ3v) is 3.62. The van der Waals surface area contributed by atoms with Gasteiger partial charge in [-0.05, 0) is 47.0 Å². The Kier molecular flexibility index (Phi) is 4.63. The van der Waals surface area contributed by atoms with Crippen molar-refractivity contribution >= 4 is 0 Å². The van der Waals surface area contributed by atoms with Crippen LogP contribution in [0.5, 0.6) is 5.75 Å². The Labute approximate surface area is 144 Å². The lowest BCUT2D eigenvalue weighted by molar-refractivity contribution is -0.275. The summed E-state index contributed by atoms with van der Waals surface area (Å²) in [6, 6.07) is 12.2. The lowest BCUT2D eigenvalue weighted by Crippen LogP contribution is -2.17. The van der Waals surface area contributed by atoms with Crippen molar-refractivity contribution < 1.29 is 31.1 Å². The minimum absolute atomic E-state index is 0.00770. The highest BCUT2D eigenvalue weighted by molar-refractivity contribution is 5.71. The molecule has 0 aliphatic heterocycles. The van der Waals surface area contributed by atoms with Gasteiger partial charge in [0.25, 0.3) is 0 Å². The summed E-state index contributed by atoms with van der Waals surface area (Å²) in [5, 5.41) is 0. The summed E-state index contributed by atoms with van der Waals surface area (Å²) in [5.41, 5.74) is 1.12. The second-order valence-electron chi connectivity index (χ2n) is 5.39. The molecule has 0 saturated heterocycles. The Balaban J connectivity index is 1.92. The smallest absolute Gasteiger partial charge is 0.403 e. The maximum atomic E-state index is 14.4. The minimum Gasteiger partial charge on any atom is -0.403 e. The van der Waals surface area contributed by atoms with Gasteiger partial charge in [0.2, 0.25) is 0 Å².